The first-order chi connectivity index (χ1) is 6.77. The molecule has 0 aromatic carbocycles. The number of amides is 1. The van der Waals surface area contributed by atoms with Gasteiger partial charge in [0.25, 0.3) is 5.91 Å². The molecule has 1 aliphatic heterocycles. The highest BCUT2D eigenvalue weighted by molar-refractivity contribution is 7.99. The van der Waals surface area contributed by atoms with Gasteiger partial charge in [-0.25, -0.2) is 0 Å². The lowest BCUT2D eigenvalue weighted by Gasteiger charge is -2.30. The Hall–Kier alpha value is -0.970. The second kappa shape index (κ2) is 4.04. The molecule has 1 saturated heterocycles. The number of nitrogens with zero attached hydrogens (tertiary/aromatic N) is 2. The highest BCUT2D eigenvalue weighted by atomic mass is 32.2. The number of carbonyl (C=O) groups is 1. The predicted molar refractivity (Wildman–Crippen MR) is 56.4 cm³/mol. The van der Waals surface area contributed by atoms with Gasteiger partial charge in [-0.05, 0) is 0 Å². The van der Waals surface area contributed by atoms with E-state index in [0.29, 0.717) is 10.8 Å². The average Bonchev–Trinajstić information content (AvgIpc) is 2.69. The van der Waals surface area contributed by atoms with Crippen molar-refractivity contribution in [3.05, 3.63) is 18.0 Å². The first kappa shape index (κ1) is 9.58. The Morgan fingerprint density at radius 2 is 2.64 bits per heavy atom. The van der Waals surface area contributed by atoms with Crippen LogP contribution < -0.4 is 0 Å². The van der Waals surface area contributed by atoms with Crippen molar-refractivity contribution >= 4 is 17.7 Å². The van der Waals surface area contributed by atoms with Crippen LogP contribution in [0.5, 0.6) is 0 Å². The van der Waals surface area contributed by atoms with E-state index >= 15 is 0 Å². The van der Waals surface area contributed by atoms with Gasteiger partial charge in [-0.2, -0.15) is 16.9 Å². The van der Waals surface area contributed by atoms with Crippen molar-refractivity contribution < 1.29 is 4.79 Å². The molecule has 2 heterocycles. The van der Waals surface area contributed by atoms with Gasteiger partial charge in [-0.3, -0.25) is 9.89 Å². The van der Waals surface area contributed by atoms with Crippen molar-refractivity contribution in [1.29, 1.82) is 0 Å². The second-order valence-electron chi connectivity index (χ2n) is 3.42. The van der Waals surface area contributed by atoms with Crippen molar-refractivity contribution in [3.8, 4) is 0 Å². The molecule has 4 nitrogen and oxygen atoms in total. The number of nitrogens with one attached hydrogen (secondary N) is 1. The van der Waals surface area contributed by atoms with Gasteiger partial charge < -0.3 is 4.90 Å². The van der Waals surface area contributed by atoms with E-state index in [1.165, 1.54) is 0 Å². The maximum Gasteiger partial charge on any atom is 0.257 e. The molecule has 0 aliphatic carbocycles. The van der Waals surface area contributed by atoms with E-state index in [9.17, 15) is 4.79 Å². The number of rotatable bonds is 1. The first-order valence-corrected chi connectivity index (χ1v) is 5.72. The molecule has 5 heteroatoms. The van der Waals surface area contributed by atoms with Gasteiger partial charge in [0.05, 0.1) is 11.8 Å². The van der Waals surface area contributed by atoms with Crippen molar-refractivity contribution in [1.82, 2.24) is 15.1 Å². The quantitative estimate of drug-likeness (QED) is 0.753. The minimum atomic E-state index is 0.0888. The Labute approximate surface area is 87.1 Å². The van der Waals surface area contributed by atoms with Crippen LogP contribution in [-0.4, -0.2) is 45.1 Å². The highest BCUT2D eigenvalue weighted by Gasteiger charge is 2.22. The van der Waals surface area contributed by atoms with Crippen molar-refractivity contribution in [2.75, 3.05) is 18.8 Å². The van der Waals surface area contributed by atoms with Crippen LogP contribution in [0.3, 0.4) is 0 Å². The second-order valence-corrected chi connectivity index (χ2v) is 4.97. The summed E-state index contributed by atoms with van der Waals surface area (Å²) in [6, 6.07) is 0. The van der Waals surface area contributed by atoms with Gasteiger partial charge in [0.1, 0.15) is 0 Å². The molecule has 1 atom stereocenters. The lowest BCUT2D eigenvalue weighted by atomic mass is 10.3. The summed E-state index contributed by atoms with van der Waals surface area (Å²) in [5.41, 5.74) is 0.657. The van der Waals surface area contributed by atoms with Crippen LogP contribution in [0.25, 0.3) is 0 Å². The lowest BCUT2D eigenvalue weighted by molar-refractivity contribution is 0.0763. The van der Waals surface area contributed by atoms with Crippen molar-refractivity contribution in [2.45, 2.75) is 12.2 Å². The molecule has 0 saturated carbocycles. The summed E-state index contributed by atoms with van der Waals surface area (Å²) in [5, 5.41) is 6.98. The number of carbonyl (C=O) groups excluding carboxylic acids is 1. The van der Waals surface area contributed by atoms with Crippen LogP contribution in [0.15, 0.2) is 12.4 Å². The molecule has 1 unspecified atom stereocenters. The molecule has 1 aromatic heterocycles. The predicted octanol–water partition coefficient (Wildman–Crippen LogP) is 0.987. The average molecular weight is 211 g/mol. The van der Waals surface area contributed by atoms with Gasteiger partial charge in [-0.1, -0.05) is 6.92 Å². The molecular weight excluding hydrogens is 198 g/mol. The fourth-order valence-corrected chi connectivity index (χ4v) is 2.57. The summed E-state index contributed by atoms with van der Waals surface area (Å²) in [5.74, 6) is 1.12. The Balaban J connectivity index is 2.04. The summed E-state index contributed by atoms with van der Waals surface area (Å²) in [6.45, 7) is 3.84. The number of aromatic nitrogens is 2. The summed E-state index contributed by atoms with van der Waals surface area (Å²) >= 11 is 1.92. The van der Waals surface area contributed by atoms with E-state index in [0.717, 1.165) is 18.8 Å². The number of aromatic amines is 1. The largest absolute Gasteiger partial charge is 0.337 e. The van der Waals surface area contributed by atoms with Crippen LogP contribution in [0, 0.1) is 0 Å². The third-order valence-electron chi connectivity index (χ3n) is 2.27. The molecule has 0 bridgehead atoms. The Morgan fingerprint density at radius 3 is 3.29 bits per heavy atom. The Kier molecular flexibility index (Phi) is 2.77. The normalized spacial score (nSPS) is 22.4. The molecule has 1 amide bonds. The lowest BCUT2D eigenvalue weighted by Crippen LogP contribution is -2.40. The van der Waals surface area contributed by atoms with E-state index in [2.05, 4.69) is 17.1 Å². The van der Waals surface area contributed by atoms with Crippen LogP contribution in [0.2, 0.25) is 0 Å². The zero-order valence-electron chi connectivity index (χ0n) is 8.06. The summed E-state index contributed by atoms with van der Waals surface area (Å²) in [6.07, 6.45) is 3.23. The third kappa shape index (κ3) is 1.92. The number of hydrogen-bond acceptors (Lipinski definition) is 3. The van der Waals surface area contributed by atoms with Crippen LogP contribution in [0.4, 0.5) is 0 Å². The summed E-state index contributed by atoms with van der Waals surface area (Å²) in [4.78, 5) is 13.8. The number of H-pyrrole nitrogens is 1. The smallest absolute Gasteiger partial charge is 0.257 e. The number of thioether (sulfide) groups is 1. The zero-order valence-corrected chi connectivity index (χ0v) is 8.88. The Morgan fingerprint density at radius 1 is 1.79 bits per heavy atom. The molecule has 14 heavy (non-hydrogen) atoms. The van der Waals surface area contributed by atoms with E-state index in [1.54, 1.807) is 12.4 Å². The minimum absolute atomic E-state index is 0.0888. The fraction of sp³-hybridized carbons (Fsp3) is 0.556. The maximum absolute atomic E-state index is 11.9. The summed E-state index contributed by atoms with van der Waals surface area (Å²) < 4.78 is 0. The monoisotopic (exact) mass is 211 g/mol. The minimum Gasteiger partial charge on any atom is -0.337 e. The molecule has 1 aliphatic rings. The standard InChI is InChI=1S/C9H13N3OS/c1-7-6-12(2-3-14-7)9(13)8-4-10-11-5-8/h4-5,7H,2-3,6H2,1H3,(H,10,11). The van der Waals surface area contributed by atoms with Gasteiger partial charge in [0, 0.05) is 30.3 Å². The molecule has 1 aromatic rings. The fourth-order valence-electron chi connectivity index (χ4n) is 1.55. The summed E-state index contributed by atoms with van der Waals surface area (Å²) in [7, 11) is 0. The first-order valence-electron chi connectivity index (χ1n) is 4.67. The van der Waals surface area contributed by atoms with Crippen LogP contribution in [0.1, 0.15) is 17.3 Å². The zero-order chi connectivity index (χ0) is 9.97. The molecule has 0 radical (unpaired) electrons. The van der Waals surface area contributed by atoms with E-state index in [4.69, 9.17) is 0 Å². The SMILES string of the molecule is CC1CN(C(=O)c2cn[nH]c2)CCS1. The molecule has 76 valence electrons. The van der Waals surface area contributed by atoms with Gasteiger partial charge >= 0.3 is 0 Å². The maximum atomic E-state index is 11.9. The van der Waals surface area contributed by atoms with E-state index in [-0.39, 0.29) is 5.91 Å². The highest BCUT2D eigenvalue weighted by Crippen LogP contribution is 2.19. The van der Waals surface area contributed by atoms with Gasteiger partial charge in [0.15, 0.2) is 0 Å². The third-order valence-corrected chi connectivity index (χ3v) is 3.41. The van der Waals surface area contributed by atoms with Crippen molar-refractivity contribution in [3.63, 3.8) is 0 Å². The van der Waals surface area contributed by atoms with E-state index < -0.39 is 0 Å². The topological polar surface area (TPSA) is 49.0 Å². The van der Waals surface area contributed by atoms with Gasteiger partial charge in [0.2, 0.25) is 0 Å². The molecule has 1 N–H and O–H groups in total. The number of hydrogen-bond donors (Lipinski definition) is 1. The molecule has 0 spiro atoms. The van der Waals surface area contributed by atoms with Crippen LogP contribution in [-0.2, 0) is 0 Å². The van der Waals surface area contributed by atoms with Crippen LogP contribution >= 0.6 is 11.8 Å². The molecule has 2 rings (SSSR count). The van der Waals surface area contributed by atoms with Crippen molar-refractivity contribution in [2.24, 2.45) is 0 Å². The van der Waals surface area contributed by atoms with Gasteiger partial charge in [-0.15, -0.1) is 0 Å². The van der Waals surface area contributed by atoms with E-state index in [1.807, 2.05) is 16.7 Å². The molecular formula is C9H13N3OS. The molecule has 1 fully saturated rings. The Bertz CT molecular complexity index is 312.